The molecule has 7 heteroatoms. The molecular formula is C18H21N5O2. The Hall–Kier alpha value is -2.70. The SMILES string of the molecule is Cn1nc(COc2cnccn2)c2c1CCN(C(=O)C1CC=CC1)C2. The van der Waals surface area contributed by atoms with Crippen LogP contribution in [0.1, 0.15) is 29.8 Å². The van der Waals surface area contributed by atoms with Gasteiger partial charge in [0, 0.05) is 56.1 Å². The lowest BCUT2D eigenvalue weighted by Crippen LogP contribution is -2.39. The molecule has 0 fully saturated rings. The number of allylic oxidation sites excluding steroid dienone is 2. The number of fused-ring (bicyclic) bond motifs is 1. The molecule has 2 aliphatic rings. The fourth-order valence-corrected chi connectivity index (χ4v) is 3.55. The molecule has 0 spiro atoms. The number of hydrogen-bond acceptors (Lipinski definition) is 5. The maximum Gasteiger partial charge on any atom is 0.232 e. The van der Waals surface area contributed by atoms with Gasteiger partial charge in [0.15, 0.2) is 0 Å². The standard InChI is InChI=1S/C18H21N5O2/c1-22-16-6-9-23(18(24)13-4-2-3-5-13)11-14(16)15(21-22)12-25-17-10-19-7-8-20-17/h2-3,7-8,10,13H,4-6,9,11-12H2,1H3. The van der Waals surface area contributed by atoms with Crippen LogP contribution in [0.5, 0.6) is 5.88 Å². The summed E-state index contributed by atoms with van der Waals surface area (Å²) < 4.78 is 7.61. The van der Waals surface area contributed by atoms with Crippen LogP contribution in [0.2, 0.25) is 0 Å². The van der Waals surface area contributed by atoms with Gasteiger partial charge in [0.25, 0.3) is 0 Å². The molecule has 2 aromatic rings. The molecule has 0 saturated carbocycles. The fraction of sp³-hybridized carbons (Fsp3) is 0.444. The number of carbonyl (C=O) groups is 1. The van der Waals surface area contributed by atoms with Crippen LogP contribution in [0, 0.1) is 5.92 Å². The van der Waals surface area contributed by atoms with E-state index in [1.54, 1.807) is 18.6 Å². The van der Waals surface area contributed by atoms with Crippen LogP contribution in [0.4, 0.5) is 0 Å². The first kappa shape index (κ1) is 15.8. The van der Waals surface area contributed by atoms with Crippen LogP contribution in [0.3, 0.4) is 0 Å². The van der Waals surface area contributed by atoms with E-state index in [-0.39, 0.29) is 11.8 Å². The Morgan fingerprint density at radius 3 is 2.92 bits per heavy atom. The van der Waals surface area contributed by atoms with Gasteiger partial charge in [-0.25, -0.2) is 4.98 Å². The third-order valence-corrected chi connectivity index (χ3v) is 4.89. The number of aryl methyl sites for hydroxylation is 1. The van der Waals surface area contributed by atoms with Gasteiger partial charge >= 0.3 is 0 Å². The van der Waals surface area contributed by atoms with Crippen molar-refractivity contribution in [3.8, 4) is 5.88 Å². The van der Waals surface area contributed by atoms with E-state index in [1.807, 2.05) is 16.6 Å². The molecule has 0 radical (unpaired) electrons. The molecule has 0 aromatic carbocycles. The van der Waals surface area contributed by atoms with Crippen molar-refractivity contribution >= 4 is 5.91 Å². The van der Waals surface area contributed by atoms with Gasteiger partial charge < -0.3 is 9.64 Å². The maximum atomic E-state index is 12.7. The van der Waals surface area contributed by atoms with Crippen molar-refractivity contribution in [1.82, 2.24) is 24.6 Å². The smallest absolute Gasteiger partial charge is 0.232 e. The highest BCUT2D eigenvalue weighted by Gasteiger charge is 2.30. The minimum absolute atomic E-state index is 0.109. The maximum absolute atomic E-state index is 12.7. The Morgan fingerprint density at radius 1 is 1.32 bits per heavy atom. The average Bonchev–Trinajstić information content (AvgIpc) is 3.29. The van der Waals surface area contributed by atoms with Crippen LogP contribution >= 0.6 is 0 Å². The topological polar surface area (TPSA) is 73.1 Å². The molecule has 1 aliphatic carbocycles. The molecule has 0 bridgehead atoms. The zero-order valence-corrected chi connectivity index (χ0v) is 14.3. The minimum Gasteiger partial charge on any atom is -0.470 e. The first-order chi connectivity index (χ1) is 12.2. The molecule has 1 amide bonds. The van der Waals surface area contributed by atoms with Crippen LogP contribution in [-0.4, -0.2) is 37.1 Å². The fourth-order valence-electron chi connectivity index (χ4n) is 3.55. The van der Waals surface area contributed by atoms with Gasteiger partial charge in [-0.05, 0) is 12.8 Å². The highest BCUT2D eigenvalue weighted by molar-refractivity contribution is 5.80. The average molecular weight is 339 g/mol. The summed E-state index contributed by atoms with van der Waals surface area (Å²) >= 11 is 0. The van der Waals surface area contributed by atoms with Gasteiger partial charge in [-0.3, -0.25) is 14.5 Å². The number of ether oxygens (including phenoxy) is 1. The molecule has 0 atom stereocenters. The highest BCUT2D eigenvalue weighted by Crippen LogP contribution is 2.27. The Bertz CT molecular complexity index is 791. The largest absolute Gasteiger partial charge is 0.470 e. The number of carbonyl (C=O) groups excluding carboxylic acids is 1. The molecule has 1 aliphatic heterocycles. The van der Waals surface area contributed by atoms with Crippen LogP contribution in [0.15, 0.2) is 30.7 Å². The molecule has 2 aromatic heterocycles. The van der Waals surface area contributed by atoms with Crippen molar-refractivity contribution in [2.75, 3.05) is 6.54 Å². The van der Waals surface area contributed by atoms with Crippen molar-refractivity contribution in [2.24, 2.45) is 13.0 Å². The Balaban J connectivity index is 1.49. The minimum atomic E-state index is 0.109. The van der Waals surface area contributed by atoms with E-state index in [4.69, 9.17) is 4.74 Å². The first-order valence-electron chi connectivity index (χ1n) is 8.58. The lowest BCUT2D eigenvalue weighted by Gasteiger charge is -2.30. The number of hydrogen-bond donors (Lipinski definition) is 0. The molecule has 7 nitrogen and oxygen atoms in total. The van der Waals surface area contributed by atoms with E-state index in [0.29, 0.717) is 19.0 Å². The third-order valence-electron chi connectivity index (χ3n) is 4.89. The van der Waals surface area contributed by atoms with Crippen molar-refractivity contribution in [3.05, 3.63) is 47.7 Å². The second-order valence-electron chi connectivity index (χ2n) is 6.48. The summed E-state index contributed by atoms with van der Waals surface area (Å²) in [6.07, 6.45) is 11.5. The third kappa shape index (κ3) is 3.14. The molecule has 4 rings (SSSR count). The molecule has 0 saturated heterocycles. The first-order valence-corrected chi connectivity index (χ1v) is 8.58. The van der Waals surface area contributed by atoms with Gasteiger partial charge in [0.05, 0.1) is 6.20 Å². The predicted molar refractivity (Wildman–Crippen MR) is 90.6 cm³/mol. The van der Waals surface area contributed by atoms with Gasteiger partial charge in [-0.2, -0.15) is 5.10 Å². The van der Waals surface area contributed by atoms with Crippen LogP contribution in [0.25, 0.3) is 0 Å². The summed E-state index contributed by atoms with van der Waals surface area (Å²) in [5.74, 6) is 0.834. The second-order valence-corrected chi connectivity index (χ2v) is 6.48. The Morgan fingerprint density at radius 2 is 2.16 bits per heavy atom. The van der Waals surface area contributed by atoms with Crippen molar-refractivity contribution in [3.63, 3.8) is 0 Å². The summed E-state index contributed by atoms with van der Waals surface area (Å²) in [7, 11) is 1.95. The summed E-state index contributed by atoms with van der Waals surface area (Å²) in [4.78, 5) is 22.8. The summed E-state index contributed by atoms with van der Waals surface area (Å²) in [6.45, 7) is 1.69. The van der Waals surface area contributed by atoms with E-state index in [0.717, 1.165) is 37.1 Å². The van der Waals surface area contributed by atoms with E-state index in [2.05, 4.69) is 27.2 Å². The van der Waals surface area contributed by atoms with E-state index in [1.165, 1.54) is 5.69 Å². The Labute approximate surface area is 146 Å². The zero-order valence-electron chi connectivity index (χ0n) is 14.3. The van der Waals surface area contributed by atoms with Gasteiger partial charge in [0.1, 0.15) is 12.3 Å². The lowest BCUT2D eigenvalue weighted by molar-refractivity contribution is -0.136. The van der Waals surface area contributed by atoms with Crippen LogP contribution < -0.4 is 4.74 Å². The van der Waals surface area contributed by atoms with Gasteiger partial charge in [-0.1, -0.05) is 12.2 Å². The zero-order chi connectivity index (χ0) is 17.2. The lowest BCUT2D eigenvalue weighted by atomic mass is 10.0. The van der Waals surface area contributed by atoms with Crippen molar-refractivity contribution < 1.29 is 9.53 Å². The van der Waals surface area contributed by atoms with Crippen LogP contribution in [-0.2, 0) is 31.4 Å². The quantitative estimate of drug-likeness (QED) is 0.792. The summed E-state index contributed by atoms with van der Waals surface area (Å²) in [5.41, 5.74) is 3.16. The number of nitrogens with zero attached hydrogens (tertiary/aromatic N) is 5. The second kappa shape index (κ2) is 6.66. The molecule has 0 N–H and O–H groups in total. The Kier molecular flexibility index (Phi) is 4.21. The predicted octanol–water partition coefficient (Wildman–Crippen LogP) is 1.64. The molecule has 3 heterocycles. The summed E-state index contributed by atoms with van der Waals surface area (Å²) in [6, 6.07) is 0. The normalized spacial score (nSPS) is 16.9. The van der Waals surface area contributed by atoms with E-state index in [9.17, 15) is 4.79 Å². The van der Waals surface area contributed by atoms with Gasteiger partial charge in [-0.15, -0.1) is 0 Å². The van der Waals surface area contributed by atoms with E-state index >= 15 is 0 Å². The molecule has 25 heavy (non-hydrogen) atoms. The molecule has 130 valence electrons. The number of rotatable bonds is 4. The van der Waals surface area contributed by atoms with Crippen molar-refractivity contribution in [1.29, 1.82) is 0 Å². The molecular weight excluding hydrogens is 318 g/mol. The molecule has 0 unspecified atom stereocenters. The highest BCUT2D eigenvalue weighted by atomic mass is 16.5. The van der Waals surface area contributed by atoms with Gasteiger partial charge in [0.2, 0.25) is 11.8 Å². The monoisotopic (exact) mass is 339 g/mol. The van der Waals surface area contributed by atoms with E-state index < -0.39 is 0 Å². The van der Waals surface area contributed by atoms with Crippen molar-refractivity contribution in [2.45, 2.75) is 32.4 Å². The summed E-state index contributed by atoms with van der Waals surface area (Å²) in [5, 5.41) is 4.59. The number of aromatic nitrogens is 4. The number of amides is 1.